The summed E-state index contributed by atoms with van der Waals surface area (Å²) in [5.41, 5.74) is 1.04. The standard InChI is InChI=1S/C13H20ClN3O/c1-3-11-12(14)15-9-16-13(11)17(2)8-10-4-6-18-7-5-10/h9-10H,3-8H2,1-2H3. The van der Waals surface area contributed by atoms with E-state index in [1.807, 2.05) is 0 Å². The minimum Gasteiger partial charge on any atom is -0.381 e. The fourth-order valence-electron chi connectivity index (χ4n) is 2.42. The van der Waals surface area contributed by atoms with E-state index in [0.29, 0.717) is 11.1 Å². The summed E-state index contributed by atoms with van der Waals surface area (Å²) in [4.78, 5) is 10.6. The summed E-state index contributed by atoms with van der Waals surface area (Å²) in [6, 6.07) is 0. The van der Waals surface area contributed by atoms with E-state index in [4.69, 9.17) is 16.3 Å². The molecule has 100 valence electrons. The predicted octanol–water partition coefficient (Wildman–Crippen LogP) is 2.56. The Morgan fingerprint density at radius 1 is 1.39 bits per heavy atom. The molecule has 0 atom stereocenters. The maximum Gasteiger partial charge on any atom is 0.137 e. The number of rotatable bonds is 4. The highest BCUT2D eigenvalue weighted by Crippen LogP contribution is 2.25. The number of hydrogen-bond acceptors (Lipinski definition) is 4. The van der Waals surface area contributed by atoms with Crippen molar-refractivity contribution in [2.45, 2.75) is 26.2 Å². The molecule has 0 bridgehead atoms. The molecule has 1 aromatic rings. The van der Waals surface area contributed by atoms with Gasteiger partial charge in [-0.1, -0.05) is 18.5 Å². The molecule has 4 nitrogen and oxygen atoms in total. The molecule has 1 fully saturated rings. The lowest BCUT2D eigenvalue weighted by Gasteiger charge is -2.28. The molecule has 0 unspecified atom stereocenters. The van der Waals surface area contributed by atoms with Crippen LogP contribution in [0, 0.1) is 5.92 Å². The third-order valence-corrected chi connectivity index (χ3v) is 3.78. The minimum atomic E-state index is 0.571. The van der Waals surface area contributed by atoms with Gasteiger partial charge >= 0.3 is 0 Å². The van der Waals surface area contributed by atoms with Gasteiger partial charge in [0.25, 0.3) is 0 Å². The lowest BCUT2D eigenvalue weighted by Crippen LogP contribution is -2.30. The number of ether oxygens (including phenoxy) is 1. The minimum absolute atomic E-state index is 0.571. The molecule has 1 aliphatic rings. The molecule has 0 spiro atoms. The number of nitrogens with zero attached hydrogens (tertiary/aromatic N) is 3. The average molecular weight is 270 g/mol. The van der Waals surface area contributed by atoms with Crippen LogP contribution in [0.4, 0.5) is 5.82 Å². The first-order valence-corrected chi connectivity index (χ1v) is 6.88. The summed E-state index contributed by atoms with van der Waals surface area (Å²) in [6.07, 6.45) is 4.65. The summed E-state index contributed by atoms with van der Waals surface area (Å²) in [5, 5.41) is 0.571. The van der Waals surface area contributed by atoms with Crippen LogP contribution in [0.15, 0.2) is 6.33 Å². The molecule has 2 rings (SSSR count). The summed E-state index contributed by atoms with van der Waals surface area (Å²) in [6.45, 7) is 4.84. The molecule has 5 heteroatoms. The van der Waals surface area contributed by atoms with Gasteiger partial charge in [0.15, 0.2) is 0 Å². The van der Waals surface area contributed by atoms with Crippen LogP contribution in [0.5, 0.6) is 0 Å². The van der Waals surface area contributed by atoms with Gasteiger partial charge in [0, 0.05) is 32.4 Å². The Morgan fingerprint density at radius 3 is 2.78 bits per heavy atom. The third kappa shape index (κ3) is 3.12. The van der Waals surface area contributed by atoms with Gasteiger partial charge in [-0.3, -0.25) is 0 Å². The van der Waals surface area contributed by atoms with Crippen LogP contribution in [0.25, 0.3) is 0 Å². The highest BCUT2D eigenvalue weighted by molar-refractivity contribution is 6.30. The van der Waals surface area contributed by atoms with Crippen molar-refractivity contribution >= 4 is 17.4 Å². The summed E-state index contributed by atoms with van der Waals surface area (Å²) >= 11 is 6.12. The predicted molar refractivity (Wildman–Crippen MR) is 73.2 cm³/mol. The third-order valence-electron chi connectivity index (χ3n) is 3.46. The van der Waals surface area contributed by atoms with Gasteiger partial charge in [0.2, 0.25) is 0 Å². The molecule has 1 aliphatic heterocycles. The van der Waals surface area contributed by atoms with Gasteiger partial charge in [-0.15, -0.1) is 0 Å². The maximum atomic E-state index is 6.12. The number of aromatic nitrogens is 2. The second-order valence-corrected chi connectivity index (χ2v) is 5.11. The molecule has 0 saturated carbocycles. The van der Waals surface area contributed by atoms with Crippen molar-refractivity contribution in [3.63, 3.8) is 0 Å². The molecule has 0 amide bonds. The van der Waals surface area contributed by atoms with Crippen molar-refractivity contribution < 1.29 is 4.74 Å². The summed E-state index contributed by atoms with van der Waals surface area (Å²) in [5.74, 6) is 1.64. The van der Waals surface area contributed by atoms with E-state index in [9.17, 15) is 0 Å². The molecule has 18 heavy (non-hydrogen) atoms. The Kier molecular flexibility index (Phi) is 4.78. The number of hydrogen-bond donors (Lipinski definition) is 0. The summed E-state index contributed by atoms with van der Waals surface area (Å²) in [7, 11) is 2.08. The van der Waals surface area contributed by atoms with Crippen LogP contribution in [0.1, 0.15) is 25.3 Å². The molecule has 0 aromatic carbocycles. The number of halogens is 1. The van der Waals surface area contributed by atoms with E-state index in [-0.39, 0.29) is 0 Å². The van der Waals surface area contributed by atoms with E-state index in [0.717, 1.165) is 50.4 Å². The van der Waals surface area contributed by atoms with E-state index in [1.165, 1.54) is 6.33 Å². The van der Waals surface area contributed by atoms with Crippen LogP contribution in [0.3, 0.4) is 0 Å². The van der Waals surface area contributed by atoms with Crippen molar-refractivity contribution in [3.8, 4) is 0 Å². The van der Waals surface area contributed by atoms with Crippen molar-refractivity contribution in [2.24, 2.45) is 5.92 Å². The maximum absolute atomic E-state index is 6.12. The van der Waals surface area contributed by atoms with Crippen molar-refractivity contribution in [1.82, 2.24) is 9.97 Å². The van der Waals surface area contributed by atoms with Gasteiger partial charge in [0.1, 0.15) is 17.3 Å². The van der Waals surface area contributed by atoms with Gasteiger partial charge in [-0.2, -0.15) is 0 Å². The smallest absolute Gasteiger partial charge is 0.137 e. The van der Waals surface area contributed by atoms with Gasteiger partial charge in [-0.05, 0) is 25.2 Å². The molecular weight excluding hydrogens is 250 g/mol. The molecule has 1 aromatic heterocycles. The fraction of sp³-hybridized carbons (Fsp3) is 0.692. The van der Waals surface area contributed by atoms with Crippen LogP contribution in [-0.2, 0) is 11.2 Å². The first-order valence-electron chi connectivity index (χ1n) is 6.50. The zero-order valence-electron chi connectivity index (χ0n) is 11.0. The molecule has 1 saturated heterocycles. The monoisotopic (exact) mass is 269 g/mol. The zero-order chi connectivity index (χ0) is 13.0. The normalized spacial score (nSPS) is 16.8. The highest BCUT2D eigenvalue weighted by atomic mass is 35.5. The van der Waals surface area contributed by atoms with Crippen LogP contribution >= 0.6 is 11.6 Å². The first-order chi connectivity index (χ1) is 8.72. The zero-order valence-corrected chi connectivity index (χ0v) is 11.8. The Morgan fingerprint density at radius 2 is 2.11 bits per heavy atom. The van der Waals surface area contributed by atoms with Crippen LogP contribution < -0.4 is 4.90 Å². The molecule has 2 heterocycles. The largest absolute Gasteiger partial charge is 0.381 e. The first kappa shape index (κ1) is 13.6. The topological polar surface area (TPSA) is 38.2 Å². The lowest BCUT2D eigenvalue weighted by atomic mass is 10.00. The SMILES string of the molecule is CCc1c(Cl)ncnc1N(C)CC1CCOCC1. The van der Waals surface area contributed by atoms with E-state index in [2.05, 4.69) is 28.8 Å². The second kappa shape index (κ2) is 6.34. The highest BCUT2D eigenvalue weighted by Gasteiger charge is 2.18. The lowest BCUT2D eigenvalue weighted by molar-refractivity contribution is 0.0685. The van der Waals surface area contributed by atoms with Gasteiger partial charge in [0.05, 0.1) is 0 Å². The van der Waals surface area contributed by atoms with Gasteiger partial charge < -0.3 is 9.64 Å². The quantitative estimate of drug-likeness (QED) is 0.788. The molecule has 0 aliphatic carbocycles. The Labute approximate surface area is 113 Å². The Hall–Kier alpha value is -0.870. The summed E-state index contributed by atoms with van der Waals surface area (Å²) < 4.78 is 5.39. The second-order valence-electron chi connectivity index (χ2n) is 4.76. The van der Waals surface area contributed by atoms with Crippen molar-refractivity contribution in [3.05, 3.63) is 17.0 Å². The van der Waals surface area contributed by atoms with E-state index in [1.54, 1.807) is 0 Å². The molecular formula is C13H20ClN3O. The van der Waals surface area contributed by atoms with Crippen molar-refractivity contribution in [2.75, 3.05) is 31.7 Å². The Balaban J connectivity index is 2.07. The molecule has 0 N–H and O–H groups in total. The van der Waals surface area contributed by atoms with E-state index >= 15 is 0 Å². The molecule has 0 radical (unpaired) electrons. The van der Waals surface area contributed by atoms with Gasteiger partial charge in [-0.25, -0.2) is 9.97 Å². The van der Waals surface area contributed by atoms with Crippen molar-refractivity contribution in [1.29, 1.82) is 0 Å². The average Bonchev–Trinajstić information content (AvgIpc) is 2.39. The fourth-order valence-corrected chi connectivity index (χ4v) is 2.68. The van der Waals surface area contributed by atoms with Crippen LogP contribution in [-0.4, -0.2) is 36.8 Å². The Bertz CT molecular complexity index is 394. The van der Waals surface area contributed by atoms with Crippen LogP contribution in [0.2, 0.25) is 5.15 Å². The number of anilines is 1. The van der Waals surface area contributed by atoms with E-state index < -0.39 is 0 Å².